The maximum atomic E-state index is 14.0. The van der Waals surface area contributed by atoms with Crippen LogP contribution in [0.15, 0.2) is 72.8 Å². The lowest BCUT2D eigenvalue weighted by molar-refractivity contribution is -0.123. The molecular weight excluding hydrogens is 434 g/mol. The molecule has 1 saturated heterocycles. The van der Waals surface area contributed by atoms with Gasteiger partial charge in [0.1, 0.15) is 5.75 Å². The number of para-hydroxylation sites is 1. The van der Waals surface area contributed by atoms with Crippen LogP contribution in [0.25, 0.3) is 0 Å². The third kappa shape index (κ3) is 3.35. The number of thioether (sulfide) groups is 1. The Kier molecular flexibility index (Phi) is 5.31. The quantitative estimate of drug-likeness (QED) is 0.591. The van der Waals surface area contributed by atoms with Crippen molar-refractivity contribution >= 4 is 29.3 Å². The first-order chi connectivity index (χ1) is 16.1. The van der Waals surface area contributed by atoms with Gasteiger partial charge in [-0.2, -0.15) is 5.26 Å². The third-order valence-electron chi connectivity index (χ3n) is 6.06. The number of fused-ring (bicyclic) bond motifs is 2. The van der Waals surface area contributed by atoms with E-state index in [1.54, 1.807) is 53.3 Å². The van der Waals surface area contributed by atoms with Crippen LogP contribution in [0.3, 0.4) is 0 Å². The van der Waals surface area contributed by atoms with Crippen LogP contribution in [0.5, 0.6) is 5.75 Å². The van der Waals surface area contributed by atoms with Crippen molar-refractivity contribution in [3.63, 3.8) is 0 Å². The largest absolute Gasteiger partial charge is 0.497 e. The zero-order valence-corrected chi connectivity index (χ0v) is 18.8. The van der Waals surface area contributed by atoms with Crippen molar-refractivity contribution in [2.24, 2.45) is 0 Å². The van der Waals surface area contributed by atoms with E-state index in [0.717, 1.165) is 16.8 Å². The number of carbonyl (C=O) groups excluding carboxylic acids is 2. The lowest BCUT2D eigenvalue weighted by Gasteiger charge is -2.33. The van der Waals surface area contributed by atoms with Crippen LogP contribution in [0, 0.1) is 11.3 Å². The lowest BCUT2D eigenvalue weighted by atomic mass is 10.0. The monoisotopic (exact) mass is 455 g/mol. The maximum absolute atomic E-state index is 14.0. The van der Waals surface area contributed by atoms with Crippen LogP contribution in [-0.4, -0.2) is 36.1 Å². The van der Waals surface area contributed by atoms with Crippen molar-refractivity contribution in [2.45, 2.75) is 11.4 Å². The van der Waals surface area contributed by atoms with Gasteiger partial charge in [0.2, 0.25) is 0 Å². The molecule has 7 heteroatoms. The van der Waals surface area contributed by atoms with Gasteiger partial charge < -0.3 is 14.5 Å². The Morgan fingerprint density at radius 3 is 2.76 bits per heavy atom. The summed E-state index contributed by atoms with van der Waals surface area (Å²) in [5.74, 6) is 0.923. The highest BCUT2D eigenvalue weighted by Crippen LogP contribution is 2.54. The average molecular weight is 456 g/mol. The summed E-state index contributed by atoms with van der Waals surface area (Å²) in [5.41, 5.74) is 3.52. The Labute approximate surface area is 196 Å². The fourth-order valence-corrected chi connectivity index (χ4v) is 6.02. The highest BCUT2D eigenvalue weighted by molar-refractivity contribution is 8.01. The molecule has 0 bridgehead atoms. The first-order valence-electron chi connectivity index (χ1n) is 10.6. The second-order valence-corrected chi connectivity index (χ2v) is 9.19. The Balaban J connectivity index is 1.56. The van der Waals surface area contributed by atoms with Crippen molar-refractivity contribution < 1.29 is 14.3 Å². The van der Waals surface area contributed by atoms with Crippen molar-refractivity contribution in [1.29, 1.82) is 5.26 Å². The molecule has 0 aliphatic carbocycles. The molecule has 0 saturated carbocycles. The minimum absolute atomic E-state index is 0.134. The summed E-state index contributed by atoms with van der Waals surface area (Å²) in [6.07, 6.45) is 0. The predicted molar refractivity (Wildman–Crippen MR) is 127 cm³/mol. The van der Waals surface area contributed by atoms with E-state index in [4.69, 9.17) is 4.74 Å². The van der Waals surface area contributed by atoms with Crippen molar-refractivity contribution in [1.82, 2.24) is 4.90 Å². The summed E-state index contributed by atoms with van der Waals surface area (Å²) in [4.78, 5) is 30.0. The third-order valence-corrected chi connectivity index (χ3v) is 7.48. The van der Waals surface area contributed by atoms with Gasteiger partial charge in [-0.1, -0.05) is 36.4 Å². The molecule has 1 fully saturated rings. The molecule has 0 aromatic heterocycles. The minimum atomic E-state index is -1.11. The Morgan fingerprint density at radius 1 is 1.12 bits per heavy atom. The molecule has 6 nitrogen and oxygen atoms in total. The van der Waals surface area contributed by atoms with Crippen LogP contribution in [0.1, 0.15) is 27.0 Å². The first kappa shape index (κ1) is 21.1. The van der Waals surface area contributed by atoms with Gasteiger partial charge in [-0.25, -0.2) is 0 Å². The summed E-state index contributed by atoms with van der Waals surface area (Å²) in [6.45, 7) is 0.799. The van der Waals surface area contributed by atoms with Gasteiger partial charge >= 0.3 is 0 Å². The molecule has 0 N–H and O–H groups in total. The van der Waals surface area contributed by atoms with E-state index in [2.05, 4.69) is 6.07 Å². The first-order valence-corrected chi connectivity index (χ1v) is 11.6. The van der Waals surface area contributed by atoms with Gasteiger partial charge in [-0.15, -0.1) is 11.8 Å². The molecule has 5 rings (SSSR count). The van der Waals surface area contributed by atoms with E-state index >= 15 is 0 Å². The molecule has 2 amide bonds. The van der Waals surface area contributed by atoms with Crippen LogP contribution >= 0.6 is 11.8 Å². The van der Waals surface area contributed by atoms with Crippen LogP contribution < -0.4 is 9.64 Å². The van der Waals surface area contributed by atoms with E-state index in [-0.39, 0.29) is 11.8 Å². The van der Waals surface area contributed by atoms with Crippen LogP contribution in [0.4, 0.5) is 5.69 Å². The minimum Gasteiger partial charge on any atom is -0.497 e. The average Bonchev–Trinajstić information content (AvgIpc) is 3.41. The van der Waals surface area contributed by atoms with Crippen molar-refractivity contribution in [3.05, 3.63) is 95.1 Å². The Hall–Kier alpha value is -3.76. The van der Waals surface area contributed by atoms with Gasteiger partial charge in [0, 0.05) is 23.4 Å². The summed E-state index contributed by atoms with van der Waals surface area (Å²) in [7, 11) is 1.56. The van der Waals surface area contributed by atoms with E-state index in [0.29, 0.717) is 35.7 Å². The molecular formula is C26H21N3O3S. The van der Waals surface area contributed by atoms with Gasteiger partial charge in [-0.05, 0) is 42.0 Å². The zero-order chi connectivity index (χ0) is 23.0. The Morgan fingerprint density at radius 2 is 1.94 bits per heavy atom. The standard InChI is InChI=1S/C26H21N3O3S/c1-32-21-9-5-8-20(15-21)24(30)29-12-13-33-26(29)22-10-2-3-11-23(22)28(25(26)31)17-19-7-4-6-18(14-19)16-27/h2-11,14-15H,12-13,17H2,1H3. The predicted octanol–water partition coefficient (Wildman–Crippen LogP) is 4.16. The fourth-order valence-electron chi connectivity index (χ4n) is 4.56. The summed E-state index contributed by atoms with van der Waals surface area (Å²) in [5, 5.41) is 9.25. The molecule has 3 aromatic rings. The number of methoxy groups -OCH3 is 1. The molecule has 0 radical (unpaired) electrons. The van der Waals surface area contributed by atoms with Gasteiger partial charge in [0.15, 0.2) is 4.87 Å². The molecule has 3 aromatic carbocycles. The molecule has 1 unspecified atom stereocenters. The number of amides is 2. The van der Waals surface area contributed by atoms with E-state index in [9.17, 15) is 14.9 Å². The molecule has 1 spiro atoms. The number of rotatable bonds is 4. The van der Waals surface area contributed by atoms with Gasteiger partial charge in [0.05, 0.1) is 31.0 Å². The summed E-state index contributed by atoms with van der Waals surface area (Å²) >= 11 is 1.50. The second-order valence-electron chi connectivity index (χ2n) is 7.90. The van der Waals surface area contributed by atoms with Gasteiger partial charge in [0.25, 0.3) is 11.8 Å². The molecule has 164 valence electrons. The Bertz CT molecular complexity index is 1300. The lowest BCUT2D eigenvalue weighted by Crippen LogP contribution is -2.50. The number of ether oxygens (including phenoxy) is 1. The molecule has 2 heterocycles. The number of benzene rings is 3. The number of nitriles is 1. The SMILES string of the molecule is COc1cccc(C(=O)N2CCSC23C(=O)N(Cc2cccc(C#N)c2)c2ccccc23)c1. The van der Waals surface area contributed by atoms with Gasteiger partial charge in [-0.3, -0.25) is 9.59 Å². The zero-order valence-electron chi connectivity index (χ0n) is 18.0. The van der Waals surface area contributed by atoms with Crippen molar-refractivity contribution in [3.8, 4) is 11.8 Å². The smallest absolute Gasteiger partial charge is 0.268 e. The van der Waals surface area contributed by atoms with E-state index in [1.807, 2.05) is 36.4 Å². The number of anilines is 1. The van der Waals surface area contributed by atoms with Crippen molar-refractivity contribution in [2.75, 3.05) is 24.3 Å². The highest BCUT2D eigenvalue weighted by atomic mass is 32.2. The van der Waals surface area contributed by atoms with Crippen LogP contribution in [0.2, 0.25) is 0 Å². The number of carbonyl (C=O) groups is 2. The molecule has 2 aliphatic rings. The summed E-state index contributed by atoms with van der Waals surface area (Å²) in [6, 6.07) is 24.1. The number of nitrogens with zero attached hydrogens (tertiary/aromatic N) is 3. The molecule has 2 aliphatic heterocycles. The topological polar surface area (TPSA) is 73.6 Å². The van der Waals surface area contributed by atoms with Crippen LogP contribution in [-0.2, 0) is 16.2 Å². The summed E-state index contributed by atoms with van der Waals surface area (Å²) < 4.78 is 5.29. The normalized spacial score (nSPS) is 19.0. The molecule has 1 atom stereocenters. The molecule has 33 heavy (non-hydrogen) atoms. The second kappa shape index (κ2) is 8.30. The highest BCUT2D eigenvalue weighted by Gasteiger charge is 2.59. The van der Waals surface area contributed by atoms with E-state index in [1.165, 1.54) is 11.8 Å². The number of hydrogen-bond donors (Lipinski definition) is 0. The number of hydrogen-bond acceptors (Lipinski definition) is 5. The van der Waals surface area contributed by atoms with E-state index < -0.39 is 4.87 Å². The maximum Gasteiger partial charge on any atom is 0.268 e. The fraction of sp³-hybridized carbons (Fsp3) is 0.192.